The van der Waals surface area contributed by atoms with Gasteiger partial charge in [0.25, 0.3) is 0 Å². The molecule has 0 saturated heterocycles. The first-order chi connectivity index (χ1) is 9.75. The van der Waals surface area contributed by atoms with Gasteiger partial charge in [-0.2, -0.15) is 0 Å². The molecule has 2 amide bonds. The lowest BCUT2D eigenvalue weighted by Gasteiger charge is -2.35. The second-order valence-electron chi connectivity index (χ2n) is 5.65. The van der Waals surface area contributed by atoms with Crippen molar-refractivity contribution in [3.63, 3.8) is 0 Å². The summed E-state index contributed by atoms with van der Waals surface area (Å²) in [7, 11) is 1.45. The summed E-state index contributed by atoms with van der Waals surface area (Å²) in [6.07, 6.45) is 0.0237. The lowest BCUT2D eigenvalue weighted by molar-refractivity contribution is -0.156. The van der Waals surface area contributed by atoms with Crippen molar-refractivity contribution in [2.24, 2.45) is 0 Å². The number of carbonyl (C=O) groups is 3. The summed E-state index contributed by atoms with van der Waals surface area (Å²) >= 11 is 0. The molecule has 1 aliphatic rings. The Morgan fingerprint density at radius 2 is 1.95 bits per heavy atom. The van der Waals surface area contributed by atoms with Gasteiger partial charge in [-0.15, -0.1) is 0 Å². The number of nitrogens with one attached hydrogen (secondary N) is 1. The molecule has 6 heteroatoms. The largest absolute Gasteiger partial charge is 0.480 e. The fraction of sp³-hybridized carbons (Fsp3) is 0.400. The molecule has 1 unspecified atom stereocenters. The number of anilines is 1. The maximum absolute atomic E-state index is 12.6. The second kappa shape index (κ2) is 5.20. The van der Waals surface area contributed by atoms with Crippen molar-refractivity contribution in [1.29, 1.82) is 0 Å². The van der Waals surface area contributed by atoms with Crippen molar-refractivity contribution >= 4 is 23.5 Å². The number of rotatable bonds is 3. The molecule has 1 heterocycles. The molecule has 0 spiro atoms. The Morgan fingerprint density at radius 1 is 1.33 bits per heavy atom. The zero-order valence-corrected chi connectivity index (χ0v) is 12.2. The summed E-state index contributed by atoms with van der Waals surface area (Å²) in [4.78, 5) is 36.9. The number of hydrogen-bond donors (Lipinski definition) is 2. The number of carboxylic acids is 1. The molecule has 1 aliphatic heterocycles. The van der Waals surface area contributed by atoms with E-state index in [1.54, 1.807) is 24.3 Å². The number of carboxylic acid groups (broad SMARTS) is 1. The number of likely N-dealkylation sites (N-methyl/N-ethyl adjacent to an activating group) is 1. The second-order valence-corrected chi connectivity index (χ2v) is 5.65. The predicted octanol–water partition coefficient (Wildman–Crippen LogP) is 1.43. The van der Waals surface area contributed by atoms with E-state index < -0.39 is 17.4 Å². The van der Waals surface area contributed by atoms with Gasteiger partial charge in [0, 0.05) is 19.2 Å². The van der Waals surface area contributed by atoms with Crippen LogP contribution in [0.5, 0.6) is 0 Å². The summed E-state index contributed by atoms with van der Waals surface area (Å²) in [5.74, 6) is -2.36. The van der Waals surface area contributed by atoms with Gasteiger partial charge in [0.05, 0.1) is 5.92 Å². The lowest BCUT2D eigenvalue weighted by Crippen LogP contribution is -2.52. The lowest BCUT2D eigenvalue weighted by atomic mass is 9.88. The van der Waals surface area contributed by atoms with Crippen LogP contribution in [0.2, 0.25) is 0 Å². The zero-order valence-electron chi connectivity index (χ0n) is 12.2. The van der Waals surface area contributed by atoms with Crippen molar-refractivity contribution in [1.82, 2.24) is 4.90 Å². The van der Waals surface area contributed by atoms with E-state index in [2.05, 4.69) is 5.32 Å². The van der Waals surface area contributed by atoms with E-state index in [9.17, 15) is 19.5 Å². The van der Waals surface area contributed by atoms with E-state index in [0.717, 1.165) is 5.56 Å². The van der Waals surface area contributed by atoms with Gasteiger partial charge in [0.15, 0.2) is 0 Å². The normalized spacial score (nSPS) is 17.7. The van der Waals surface area contributed by atoms with Crippen LogP contribution in [-0.4, -0.2) is 40.4 Å². The number of aliphatic carboxylic acids is 1. The highest BCUT2D eigenvalue weighted by Gasteiger charge is 2.40. The topological polar surface area (TPSA) is 86.7 Å². The average molecular weight is 290 g/mol. The molecule has 0 bridgehead atoms. The Balaban J connectivity index is 2.36. The molecule has 2 N–H and O–H groups in total. The van der Waals surface area contributed by atoms with E-state index >= 15 is 0 Å². The van der Waals surface area contributed by atoms with Crippen molar-refractivity contribution in [2.75, 3.05) is 12.4 Å². The molecule has 1 atom stereocenters. The molecule has 0 saturated carbocycles. The molecule has 1 aromatic rings. The number of nitrogens with zero attached hydrogens (tertiary/aromatic N) is 1. The highest BCUT2D eigenvalue weighted by atomic mass is 16.4. The van der Waals surface area contributed by atoms with E-state index in [0.29, 0.717) is 5.69 Å². The number of para-hydroxylation sites is 1. The third-order valence-corrected chi connectivity index (χ3v) is 3.99. The van der Waals surface area contributed by atoms with Crippen molar-refractivity contribution < 1.29 is 19.5 Å². The summed E-state index contributed by atoms with van der Waals surface area (Å²) in [5.41, 5.74) is -0.0104. The minimum atomic E-state index is -1.33. The predicted molar refractivity (Wildman–Crippen MR) is 76.9 cm³/mol. The third kappa shape index (κ3) is 2.61. The third-order valence-electron chi connectivity index (χ3n) is 3.99. The van der Waals surface area contributed by atoms with E-state index in [1.807, 2.05) is 0 Å². The fourth-order valence-corrected chi connectivity index (χ4v) is 2.28. The molecule has 0 radical (unpaired) electrons. The number of fused-ring (bicyclic) bond motifs is 1. The Kier molecular flexibility index (Phi) is 3.72. The molecule has 112 valence electrons. The first kappa shape index (κ1) is 15.0. The summed E-state index contributed by atoms with van der Waals surface area (Å²) < 4.78 is 0. The van der Waals surface area contributed by atoms with Crippen LogP contribution in [0.15, 0.2) is 24.3 Å². The molecule has 0 fully saturated rings. The van der Waals surface area contributed by atoms with Crippen LogP contribution in [0.3, 0.4) is 0 Å². The Labute approximate surface area is 122 Å². The van der Waals surface area contributed by atoms with Crippen molar-refractivity contribution in [3.05, 3.63) is 29.8 Å². The number of hydrogen-bond acceptors (Lipinski definition) is 3. The molecule has 1 aromatic carbocycles. The fourth-order valence-electron chi connectivity index (χ4n) is 2.28. The molecular weight excluding hydrogens is 272 g/mol. The first-order valence-electron chi connectivity index (χ1n) is 6.65. The van der Waals surface area contributed by atoms with E-state index in [4.69, 9.17) is 0 Å². The monoisotopic (exact) mass is 290 g/mol. The molecule has 0 aromatic heterocycles. The maximum atomic E-state index is 12.6. The van der Waals surface area contributed by atoms with Crippen molar-refractivity contribution in [2.45, 2.75) is 31.7 Å². The SMILES string of the molecule is CN(C(=O)C1CC(=O)Nc2ccccc21)C(C)(C)C(=O)O. The van der Waals surface area contributed by atoms with E-state index in [1.165, 1.54) is 25.8 Å². The van der Waals surface area contributed by atoms with Gasteiger partial charge in [-0.1, -0.05) is 18.2 Å². The standard InChI is InChI=1S/C15H18N2O4/c1-15(2,14(20)21)17(3)13(19)10-8-12(18)16-11-7-5-4-6-9(10)11/h4-7,10H,8H2,1-3H3,(H,16,18)(H,20,21). The smallest absolute Gasteiger partial charge is 0.329 e. The quantitative estimate of drug-likeness (QED) is 0.881. The summed E-state index contributed by atoms with van der Waals surface area (Å²) in [5, 5.41) is 12.0. The van der Waals surface area contributed by atoms with Gasteiger partial charge in [-0.3, -0.25) is 9.59 Å². The summed E-state index contributed by atoms with van der Waals surface area (Å²) in [6, 6.07) is 7.07. The number of amides is 2. The van der Waals surface area contributed by atoms with Crippen LogP contribution in [0.4, 0.5) is 5.69 Å². The van der Waals surface area contributed by atoms with Crippen LogP contribution < -0.4 is 5.32 Å². The average Bonchev–Trinajstić information content (AvgIpc) is 2.44. The van der Waals surface area contributed by atoms with Gasteiger partial charge in [0.2, 0.25) is 11.8 Å². The number of carbonyl (C=O) groups excluding carboxylic acids is 2. The van der Waals surface area contributed by atoms with Crippen LogP contribution in [0.25, 0.3) is 0 Å². The van der Waals surface area contributed by atoms with Crippen LogP contribution in [0.1, 0.15) is 31.7 Å². The Hall–Kier alpha value is -2.37. The Bertz CT molecular complexity index is 609. The van der Waals surface area contributed by atoms with Gasteiger partial charge in [-0.05, 0) is 25.5 Å². The molecular formula is C15H18N2O4. The number of benzene rings is 1. The zero-order chi connectivity index (χ0) is 15.8. The highest BCUT2D eigenvalue weighted by Crippen LogP contribution is 2.34. The first-order valence-corrected chi connectivity index (χ1v) is 6.65. The Morgan fingerprint density at radius 3 is 2.57 bits per heavy atom. The highest BCUT2D eigenvalue weighted by molar-refractivity contribution is 6.02. The van der Waals surface area contributed by atoms with Gasteiger partial charge in [-0.25, -0.2) is 4.79 Å². The summed E-state index contributed by atoms with van der Waals surface area (Å²) in [6.45, 7) is 2.92. The minimum absolute atomic E-state index is 0.0237. The molecule has 2 rings (SSSR count). The minimum Gasteiger partial charge on any atom is -0.480 e. The van der Waals surface area contributed by atoms with Gasteiger partial charge < -0.3 is 15.3 Å². The van der Waals surface area contributed by atoms with Crippen LogP contribution in [-0.2, 0) is 14.4 Å². The van der Waals surface area contributed by atoms with E-state index in [-0.39, 0.29) is 18.2 Å². The van der Waals surface area contributed by atoms with Crippen LogP contribution in [0, 0.1) is 0 Å². The van der Waals surface area contributed by atoms with Crippen molar-refractivity contribution in [3.8, 4) is 0 Å². The van der Waals surface area contributed by atoms with Gasteiger partial charge >= 0.3 is 5.97 Å². The van der Waals surface area contributed by atoms with Crippen LogP contribution >= 0.6 is 0 Å². The molecule has 21 heavy (non-hydrogen) atoms. The molecule has 0 aliphatic carbocycles. The maximum Gasteiger partial charge on any atom is 0.329 e. The van der Waals surface area contributed by atoms with Gasteiger partial charge in [0.1, 0.15) is 5.54 Å². The molecule has 6 nitrogen and oxygen atoms in total.